The van der Waals surface area contributed by atoms with Gasteiger partial charge >= 0.3 is 0 Å². The van der Waals surface area contributed by atoms with E-state index in [9.17, 15) is 0 Å². The zero-order chi connectivity index (χ0) is 15.5. The second-order valence-electron chi connectivity index (χ2n) is 6.59. The lowest BCUT2D eigenvalue weighted by molar-refractivity contribution is 0.590. The Kier molecular flexibility index (Phi) is 4.51. The third-order valence-electron chi connectivity index (χ3n) is 3.58. The van der Waals surface area contributed by atoms with E-state index in [4.69, 9.17) is 0 Å². The van der Waals surface area contributed by atoms with E-state index in [0.29, 0.717) is 0 Å². The summed E-state index contributed by atoms with van der Waals surface area (Å²) in [5.74, 6) is 0. The number of rotatable bonds is 4. The van der Waals surface area contributed by atoms with Crippen molar-refractivity contribution in [3.8, 4) is 0 Å². The van der Waals surface area contributed by atoms with E-state index >= 15 is 0 Å². The topological polar surface area (TPSA) is 28.2 Å². The van der Waals surface area contributed by atoms with E-state index < -0.39 is 0 Å². The second-order valence-corrected chi connectivity index (χ2v) is 6.59. The molecule has 21 heavy (non-hydrogen) atoms. The van der Waals surface area contributed by atoms with Crippen molar-refractivity contribution in [2.24, 2.45) is 0 Å². The fourth-order valence-electron chi connectivity index (χ4n) is 2.23. The monoisotopic (exact) mass is 283 g/mol. The summed E-state index contributed by atoms with van der Waals surface area (Å²) in [6.45, 7) is 7.51. The first kappa shape index (κ1) is 15.4. The van der Waals surface area contributed by atoms with Gasteiger partial charge in [0.1, 0.15) is 0 Å². The number of pyridine rings is 1. The normalized spacial score (nSPS) is 11.3. The number of benzene rings is 1. The molecule has 1 N–H and O–H groups in total. The fraction of sp³-hybridized carbons (Fsp3) is 0.389. The molecule has 0 saturated heterocycles. The third-order valence-corrected chi connectivity index (χ3v) is 3.58. The molecule has 0 aliphatic heterocycles. The van der Waals surface area contributed by atoms with Crippen LogP contribution in [0.4, 0.5) is 11.4 Å². The summed E-state index contributed by atoms with van der Waals surface area (Å²) in [6, 6.07) is 10.8. The molecule has 112 valence electrons. The summed E-state index contributed by atoms with van der Waals surface area (Å²) in [5, 5.41) is 3.46. The highest BCUT2D eigenvalue weighted by Crippen LogP contribution is 2.24. The Bertz CT molecular complexity index is 580. The van der Waals surface area contributed by atoms with E-state index in [2.05, 4.69) is 60.2 Å². The molecule has 0 radical (unpaired) electrons. The number of hydrogen-bond acceptors (Lipinski definition) is 3. The van der Waals surface area contributed by atoms with Gasteiger partial charge in [-0.3, -0.25) is 4.98 Å². The number of nitrogens with zero attached hydrogens (tertiary/aromatic N) is 2. The molecule has 0 unspecified atom stereocenters. The Labute approximate surface area is 128 Å². The van der Waals surface area contributed by atoms with Crippen LogP contribution in [0.25, 0.3) is 0 Å². The van der Waals surface area contributed by atoms with Crippen molar-refractivity contribution in [3.05, 3.63) is 53.9 Å². The average Bonchev–Trinajstić information content (AvgIpc) is 2.45. The summed E-state index contributed by atoms with van der Waals surface area (Å²) in [7, 11) is 4.08. The van der Waals surface area contributed by atoms with Crippen LogP contribution in [0.15, 0.2) is 42.7 Å². The fourth-order valence-corrected chi connectivity index (χ4v) is 2.23. The van der Waals surface area contributed by atoms with E-state index in [1.807, 2.05) is 32.6 Å². The van der Waals surface area contributed by atoms with Crippen molar-refractivity contribution in [3.63, 3.8) is 0 Å². The van der Waals surface area contributed by atoms with Gasteiger partial charge in [0.2, 0.25) is 0 Å². The molecule has 0 bridgehead atoms. The highest BCUT2D eigenvalue weighted by molar-refractivity contribution is 5.68. The van der Waals surface area contributed by atoms with Crippen LogP contribution in [0.2, 0.25) is 0 Å². The van der Waals surface area contributed by atoms with Crippen molar-refractivity contribution < 1.29 is 0 Å². The quantitative estimate of drug-likeness (QED) is 0.917. The summed E-state index contributed by atoms with van der Waals surface area (Å²) >= 11 is 0. The van der Waals surface area contributed by atoms with E-state index in [1.165, 1.54) is 11.1 Å². The summed E-state index contributed by atoms with van der Waals surface area (Å²) < 4.78 is 0. The van der Waals surface area contributed by atoms with E-state index in [1.54, 1.807) is 0 Å². The van der Waals surface area contributed by atoms with Crippen LogP contribution < -0.4 is 10.2 Å². The predicted octanol–water partition coefficient (Wildman–Crippen LogP) is 4.06. The van der Waals surface area contributed by atoms with Crippen molar-refractivity contribution >= 4 is 11.4 Å². The van der Waals surface area contributed by atoms with Gasteiger partial charge in [-0.1, -0.05) is 45.0 Å². The lowest BCUT2D eigenvalue weighted by atomic mass is 9.87. The minimum atomic E-state index is 0.202. The van der Waals surface area contributed by atoms with E-state index in [0.717, 1.165) is 17.9 Å². The molecule has 0 aliphatic carbocycles. The second kappa shape index (κ2) is 6.17. The van der Waals surface area contributed by atoms with Gasteiger partial charge in [-0.2, -0.15) is 0 Å². The maximum absolute atomic E-state index is 4.20. The third kappa shape index (κ3) is 3.97. The molecular weight excluding hydrogens is 258 g/mol. The Hall–Kier alpha value is -2.03. The predicted molar refractivity (Wildman–Crippen MR) is 91.0 cm³/mol. The van der Waals surface area contributed by atoms with Crippen LogP contribution in [-0.2, 0) is 12.0 Å². The van der Waals surface area contributed by atoms with Crippen molar-refractivity contribution in [1.82, 2.24) is 4.98 Å². The molecule has 3 nitrogen and oxygen atoms in total. The maximum atomic E-state index is 4.20. The van der Waals surface area contributed by atoms with Gasteiger partial charge in [0.05, 0.1) is 17.6 Å². The van der Waals surface area contributed by atoms with Gasteiger partial charge in [-0.05, 0) is 22.6 Å². The van der Waals surface area contributed by atoms with E-state index in [-0.39, 0.29) is 5.41 Å². The molecule has 0 saturated carbocycles. The maximum Gasteiger partial charge on any atom is 0.0766 e. The first-order valence-corrected chi connectivity index (χ1v) is 7.32. The highest BCUT2D eigenvalue weighted by atomic mass is 15.1. The van der Waals surface area contributed by atoms with Crippen LogP contribution in [0.3, 0.4) is 0 Å². The lowest BCUT2D eigenvalue weighted by Gasteiger charge is -2.20. The van der Waals surface area contributed by atoms with Gasteiger partial charge in [-0.15, -0.1) is 0 Å². The smallest absolute Gasteiger partial charge is 0.0766 e. The zero-order valence-electron chi connectivity index (χ0n) is 13.6. The minimum absolute atomic E-state index is 0.202. The summed E-state index contributed by atoms with van der Waals surface area (Å²) in [6.07, 6.45) is 3.69. The van der Waals surface area contributed by atoms with Crippen LogP contribution in [-0.4, -0.2) is 19.1 Å². The van der Waals surface area contributed by atoms with Crippen molar-refractivity contribution in [2.45, 2.75) is 32.7 Å². The molecular formula is C18H25N3. The van der Waals surface area contributed by atoms with Gasteiger partial charge in [0.25, 0.3) is 0 Å². The molecule has 0 aliphatic rings. The first-order valence-electron chi connectivity index (χ1n) is 7.32. The molecule has 1 aromatic carbocycles. The molecule has 0 fully saturated rings. The number of anilines is 2. The van der Waals surface area contributed by atoms with Gasteiger partial charge in [-0.25, -0.2) is 0 Å². The highest BCUT2D eigenvalue weighted by Gasteiger charge is 2.12. The standard InChI is InChI=1S/C18H25N3/c1-18(2,3)15-8-6-14(7-9-15)12-20-16-13-19-11-10-17(16)21(4)5/h6-11,13,20H,12H2,1-5H3. The average molecular weight is 283 g/mol. The number of nitrogens with one attached hydrogen (secondary N) is 1. The Morgan fingerprint density at radius 3 is 2.29 bits per heavy atom. The van der Waals surface area contributed by atoms with Gasteiger partial charge in [0, 0.05) is 26.8 Å². The molecule has 0 spiro atoms. The summed E-state index contributed by atoms with van der Waals surface area (Å²) in [5.41, 5.74) is 5.05. The van der Waals surface area contributed by atoms with Crippen molar-refractivity contribution in [1.29, 1.82) is 0 Å². The number of hydrogen-bond donors (Lipinski definition) is 1. The first-order chi connectivity index (χ1) is 9.88. The number of aromatic nitrogens is 1. The SMILES string of the molecule is CN(C)c1ccncc1NCc1ccc(C(C)(C)C)cc1. The van der Waals surface area contributed by atoms with Crippen molar-refractivity contribution in [2.75, 3.05) is 24.3 Å². The Balaban J connectivity index is 2.07. The Morgan fingerprint density at radius 1 is 1.05 bits per heavy atom. The molecule has 2 aromatic rings. The molecule has 0 amide bonds. The molecule has 1 heterocycles. The van der Waals surface area contributed by atoms with Gasteiger partial charge < -0.3 is 10.2 Å². The minimum Gasteiger partial charge on any atom is -0.378 e. The molecule has 0 atom stereocenters. The van der Waals surface area contributed by atoms with Crippen LogP contribution in [0.1, 0.15) is 31.9 Å². The lowest BCUT2D eigenvalue weighted by Crippen LogP contribution is -2.13. The Morgan fingerprint density at radius 2 is 1.71 bits per heavy atom. The van der Waals surface area contributed by atoms with Gasteiger partial charge in [0.15, 0.2) is 0 Å². The van der Waals surface area contributed by atoms with Crippen LogP contribution >= 0.6 is 0 Å². The van der Waals surface area contributed by atoms with Crippen LogP contribution in [0.5, 0.6) is 0 Å². The molecule has 1 aromatic heterocycles. The molecule has 2 rings (SSSR count). The summed E-state index contributed by atoms with van der Waals surface area (Å²) in [4.78, 5) is 6.29. The van der Waals surface area contributed by atoms with Crippen LogP contribution in [0, 0.1) is 0 Å². The molecule has 3 heteroatoms. The zero-order valence-corrected chi connectivity index (χ0v) is 13.6. The largest absolute Gasteiger partial charge is 0.378 e.